The Bertz CT molecular complexity index is 466. The normalized spacial score (nSPS) is 22.4. The maximum Gasteiger partial charge on any atom is 0.278 e. The predicted molar refractivity (Wildman–Crippen MR) is 82.6 cm³/mol. The lowest BCUT2D eigenvalue weighted by Crippen LogP contribution is -3.29. The van der Waals surface area contributed by atoms with Gasteiger partial charge in [0, 0.05) is 6.07 Å². The van der Waals surface area contributed by atoms with Crippen molar-refractivity contribution >= 4 is 5.69 Å². The number of quaternary nitrogens is 2. The van der Waals surface area contributed by atoms with E-state index in [-0.39, 0.29) is 10.6 Å². The zero-order valence-electron chi connectivity index (χ0n) is 13.1. The summed E-state index contributed by atoms with van der Waals surface area (Å²) in [4.78, 5) is 14.0. The summed E-state index contributed by atoms with van der Waals surface area (Å²) < 4.78 is 0. The molecule has 21 heavy (non-hydrogen) atoms. The molecule has 116 valence electrons. The van der Waals surface area contributed by atoms with E-state index < -0.39 is 0 Å². The highest BCUT2D eigenvalue weighted by atomic mass is 16.6. The summed E-state index contributed by atoms with van der Waals surface area (Å²) in [6, 6.07) is 7.92. The van der Waals surface area contributed by atoms with Gasteiger partial charge in [0.25, 0.3) is 5.69 Å². The minimum Gasteiger partial charge on any atom is -0.323 e. The minimum absolute atomic E-state index is 0.263. The van der Waals surface area contributed by atoms with Crippen molar-refractivity contribution in [2.75, 3.05) is 26.2 Å². The van der Waals surface area contributed by atoms with Crippen LogP contribution >= 0.6 is 0 Å². The second-order valence-electron chi connectivity index (χ2n) is 5.98. The zero-order chi connectivity index (χ0) is 15.2. The van der Waals surface area contributed by atoms with E-state index in [0.717, 1.165) is 31.2 Å². The second kappa shape index (κ2) is 7.52. The number of para-hydroxylation sites is 1. The monoisotopic (exact) mass is 293 g/mol. The molecule has 1 fully saturated rings. The van der Waals surface area contributed by atoms with E-state index in [4.69, 9.17) is 0 Å². The van der Waals surface area contributed by atoms with Crippen molar-refractivity contribution in [3.05, 3.63) is 39.9 Å². The van der Waals surface area contributed by atoms with Gasteiger partial charge in [0.15, 0.2) is 0 Å². The van der Waals surface area contributed by atoms with Gasteiger partial charge in [-0.15, -0.1) is 0 Å². The lowest BCUT2D eigenvalue weighted by molar-refractivity contribution is -1.03. The molecular weight excluding hydrogens is 266 g/mol. The Morgan fingerprint density at radius 1 is 1.14 bits per heavy atom. The van der Waals surface area contributed by atoms with Crippen molar-refractivity contribution in [1.82, 2.24) is 0 Å². The number of piperazine rings is 1. The van der Waals surface area contributed by atoms with Crippen LogP contribution in [0.5, 0.6) is 0 Å². The van der Waals surface area contributed by atoms with Gasteiger partial charge in [-0.1, -0.05) is 26.0 Å². The third-order valence-electron chi connectivity index (χ3n) is 4.79. The molecule has 1 heterocycles. The first-order valence-corrected chi connectivity index (χ1v) is 8.06. The molecule has 0 unspecified atom stereocenters. The van der Waals surface area contributed by atoms with Gasteiger partial charge in [0.05, 0.1) is 16.5 Å². The number of benzene rings is 1. The molecule has 1 aliphatic rings. The zero-order valence-corrected chi connectivity index (χ0v) is 13.1. The van der Waals surface area contributed by atoms with E-state index in [1.807, 2.05) is 12.1 Å². The molecule has 5 nitrogen and oxygen atoms in total. The van der Waals surface area contributed by atoms with Crippen LogP contribution in [0.2, 0.25) is 0 Å². The lowest BCUT2D eigenvalue weighted by atomic mass is 10.1. The van der Waals surface area contributed by atoms with Crippen LogP contribution in [0, 0.1) is 10.1 Å². The van der Waals surface area contributed by atoms with Gasteiger partial charge in [-0.25, -0.2) is 0 Å². The van der Waals surface area contributed by atoms with Crippen molar-refractivity contribution in [2.45, 2.75) is 39.3 Å². The molecule has 0 spiro atoms. The molecule has 1 aromatic carbocycles. The molecule has 0 atom stereocenters. The number of hydrogen-bond donors (Lipinski definition) is 2. The molecule has 2 rings (SSSR count). The molecule has 0 bridgehead atoms. The highest BCUT2D eigenvalue weighted by Crippen LogP contribution is 2.16. The summed E-state index contributed by atoms with van der Waals surface area (Å²) in [7, 11) is 0. The highest BCUT2D eigenvalue weighted by Gasteiger charge is 2.28. The lowest BCUT2D eigenvalue weighted by Gasteiger charge is -2.34. The third kappa shape index (κ3) is 4.02. The number of hydrogen-bond acceptors (Lipinski definition) is 2. The Kier molecular flexibility index (Phi) is 5.70. The largest absolute Gasteiger partial charge is 0.323 e. The maximum atomic E-state index is 11.1. The summed E-state index contributed by atoms with van der Waals surface area (Å²) in [5, 5.41) is 11.1. The van der Waals surface area contributed by atoms with E-state index >= 15 is 0 Å². The standard InChI is InChI=1S/C16H25N3O2/c1-3-15(4-2)18-11-9-17(10-12-18)13-14-7-5-6-8-16(14)19(20)21/h5-8,15H,3-4,9-13H2,1-2H3/p+2. The van der Waals surface area contributed by atoms with E-state index in [9.17, 15) is 10.1 Å². The number of rotatable bonds is 6. The average molecular weight is 293 g/mol. The molecule has 5 heteroatoms. The molecule has 2 N–H and O–H groups in total. The maximum absolute atomic E-state index is 11.1. The van der Waals surface area contributed by atoms with Crippen LogP contribution in [0.25, 0.3) is 0 Å². The molecule has 0 aromatic heterocycles. The summed E-state index contributed by atoms with van der Waals surface area (Å²) in [5.74, 6) is 0. The minimum atomic E-state index is -0.263. The molecule has 0 saturated carbocycles. The summed E-state index contributed by atoms with van der Waals surface area (Å²) in [6.45, 7) is 9.90. The quantitative estimate of drug-likeness (QED) is 0.576. The fraction of sp³-hybridized carbons (Fsp3) is 0.625. The van der Waals surface area contributed by atoms with Gasteiger partial charge in [-0.3, -0.25) is 10.1 Å². The van der Waals surface area contributed by atoms with Gasteiger partial charge in [0.1, 0.15) is 32.7 Å². The van der Waals surface area contributed by atoms with Gasteiger partial charge >= 0.3 is 0 Å². The Morgan fingerprint density at radius 3 is 2.33 bits per heavy atom. The first-order chi connectivity index (χ1) is 10.2. The number of nitro benzene ring substituents is 1. The van der Waals surface area contributed by atoms with Gasteiger partial charge < -0.3 is 9.80 Å². The fourth-order valence-electron chi connectivity index (χ4n) is 3.48. The van der Waals surface area contributed by atoms with Crippen molar-refractivity contribution < 1.29 is 14.7 Å². The van der Waals surface area contributed by atoms with Crippen LogP contribution in [-0.2, 0) is 6.54 Å². The average Bonchev–Trinajstić information content (AvgIpc) is 2.50. The smallest absolute Gasteiger partial charge is 0.278 e. The van der Waals surface area contributed by atoms with E-state index in [1.165, 1.54) is 30.8 Å². The summed E-state index contributed by atoms with van der Waals surface area (Å²) in [5.41, 5.74) is 1.13. The SMILES string of the molecule is CCC(CC)[NH+]1CC[NH+](Cc2ccccc2[N+](=O)[O-])CC1. The third-order valence-corrected chi connectivity index (χ3v) is 4.79. The molecule has 1 aromatic rings. The Labute approximate surface area is 126 Å². The molecule has 0 aliphatic carbocycles. The number of nitro groups is 1. The van der Waals surface area contributed by atoms with Crippen molar-refractivity contribution in [1.29, 1.82) is 0 Å². The fourth-order valence-corrected chi connectivity index (χ4v) is 3.48. The first kappa shape index (κ1) is 15.9. The molecular formula is C16H27N3O2+2. The second-order valence-corrected chi connectivity index (χ2v) is 5.98. The summed E-state index contributed by atoms with van der Waals surface area (Å²) in [6.07, 6.45) is 2.48. The topological polar surface area (TPSA) is 52.0 Å². The molecule has 0 radical (unpaired) electrons. The van der Waals surface area contributed by atoms with Gasteiger partial charge in [-0.05, 0) is 18.9 Å². The molecule has 1 aliphatic heterocycles. The van der Waals surface area contributed by atoms with E-state index in [0.29, 0.717) is 0 Å². The highest BCUT2D eigenvalue weighted by molar-refractivity contribution is 5.39. The van der Waals surface area contributed by atoms with E-state index in [2.05, 4.69) is 13.8 Å². The van der Waals surface area contributed by atoms with Gasteiger partial charge in [-0.2, -0.15) is 0 Å². The van der Waals surface area contributed by atoms with Gasteiger partial charge in [0.2, 0.25) is 0 Å². The van der Waals surface area contributed by atoms with Crippen molar-refractivity contribution in [3.8, 4) is 0 Å². The van der Waals surface area contributed by atoms with E-state index in [1.54, 1.807) is 17.0 Å². The predicted octanol–water partition coefficient (Wildman–Crippen LogP) is 0.0668. The number of nitrogens with zero attached hydrogens (tertiary/aromatic N) is 1. The summed E-state index contributed by atoms with van der Waals surface area (Å²) >= 11 is 0. The van der Waals surface area contributed by atoms with Crippen LogP contribution in [-0.4, -0.2) is 37.1 Å². The van der Waals surface area contributed by atoms with Crippen LogP contribution < -0.4 is 9.80 Å². The Balaban J connectivity index is 1.94. The van der Waals surface area contributed by atoms with Crippen LogP contribution in [0.1, 0.15) is 32.3 Å². The van der Waals surface area contributed by atoms with Crippen LogP contribution in [0.15, 0.2) is 24.3 Å². The van der Waals surface area contributed by atoms with Crippen LogP contribution in [0.4, 0.5) is 5.69 Å². The Hall–Kier alpha value is -1.46. The first-order valence-electron chi connectivity index (χ1n) is 8.06. The van der Waals surface area contributed by atoms with Crippen molar-refractivity contribution in [3.63, 3.8) is 0 Å². The number of nitrogens with one attached hydrogen (secondary N) is 2. The van der Waals surface area contributed by atoms with Crippen LogP contribution in [0.3, 0.4) is 0 Å². The molecule has 0 amide bonds. The molecule has 1 saturated heterocycles. The Morgan fingerprint density at radius 2 is 1.76 bits per heavy atom. The van der Waals surface area contributed by atoms with Crippen molar-refractivity contribution in [2.24, 2.45) is 0 Å².